The summed E-state index contributed by atoms with van der Waals surface area (Å²) >= 11 is 0. The van der Waals surface area contributed by atoms with Gasteiger partial charge in [0.2, 0.25) is 0 Å². The molecule has 0 aromatic heterocycles. The highest BCUT2D eigenvalue weighted by atomic mass is 16.4. The largest absolute Gasteiger partial charge is 0.481 e. The highest BCUT2D eigenvalue weighted by Gasteiger charge is 2.48. The van der Waals surface area contributed by atoms with Gasteiger partial charge in [-0.2, -0.15) is 0 Å². The van der Waals surface area contributed by atoms with Crippen LogP contribution < -0.4 is 0 Å². The van der Waals surface area contributed by atoms with Crippen LogP contribution in [0.4, 0.5) is 0 Å². The molecule has 0 radical (unpaired) electrons. The second kappa shape index (κ2) is 4.31. The smallest absolute Gasteiger partial charge is 0.309 e. The van der Waals surface area contributed by atoms with E-state index in [4.69, 9.17) is 5.11 Å². The number of carboxylic acid groups (broad SMARTS) is 1. The third-order valence-electron chi connectivity index (χ3n) is 3.46. The van der Waals surface area contributed by atoms with E-state index in [9.17, 15) is 20.1 Å². The van der Waals surface area contributed by atoms with Gasteiger partial charge in [0.05, 0.1) is 18.1 Å². The van der Waals surface area contributed by atoms with Crippen LogP contribution in [-0.2, 0) is 4.79 Å². The molecule has 0 bridgehead atoms. The van der Waals surface area contributed by atoms with Gasteiger partial charge in [0, 0.05) is 0 Å². The van der Waals surface area contributed by atoms with Gasteiger partial charge >= 0.3 is 5.97 Å². The lowest BCUT2D eigenvalue weighted by molar-refractivity contribution is -0.176. The first kappa shape index (κ1) is 13.4. The monoisotopic (exact) mass is 232 g/mol. The van der Waals surface area contributed by atoms with Crippen molar-refractivity contribution in [1.82, 2.24) is 0 Å². The minimum atomic E-state index is -1.40. The normalized spacial score (nSPS) is 40.8. The van der Waals surface area contributed by atoms with Gasteiger partial charge in [-0.25, -0.2) is 0 Å². The molecule has 0 aromatic carbocycles. The van der Waals surface area contributed by atoms with Gasteiger partial charge in [-0.3, -0.25) is 4.79 Å². The molecule has 0 aromatic rings. The highest BCUT2D eigenvalue weighted by molar-refractivity contribution is 5.71. The van der Waals surface area contributed by atoms with E-state index in [1.165, 1.54) is 0 Å². The fourth-order valence-electron chi connectivity index (χ4n) is 2.34. The Balaban J connectivity index is 2.94. The quantitative estimate of drug-likeness (QED) is 0.503. The number of aliphatic carboxylic acids is 1. The SMILES string of the molecule is CC(C)(C)C1CC(C(=O)O)C(O)C(O)C1O. The molecule has 1 rings (SSSR count). The van der Waals surface area contributed by atoms with Gasteiger partial charge in [-0.1, -0.05) is 20.8 Å². The highest BCUT2D eigenvalue weighted by Crippen LogP contribution is 2.40. The minimum absolute atomic E-state index is 0.179. The zero-order chi connectivity index (χ0) is 12.7. The molecule has 5 unspecified atom stereocenters. The van der Waals surface area contributed by atoms with Gasteiger partial charge in [0.25, 0.3) is 0 Å². The molecule has 1 aliphatic rings. The number of carbonyl (C=O) groups is 1. The summed E-state index contributed by atoms with van der Waals surface area (Å²) in [5.74, 6) is -2.48. The van der Waals surface area contributed by atoms with Crippen molar-refractivity contribution in [2.45, 2.75) is 45.5 Å². The Bertz CT molecular complexity index is 270. The van der Waals surface area contributed by atoms with Crippen LogP contribution in [0.2, 0.25) is 0 Å². The zero-order valence-corrected chi connectivity index (χ0v) is 9.79. The maximum atomic E-state index is 10.9. The molecule has 1 saturated carbocycles. The van der Waals surface area contributed by atoms with E-state index in [-0.39, 0.29) is 17.8 Å². The van der Waals surface area contributed by atoms with Crippen molar-refractivity contribution in [3.05, 3.63) is 0 Å². The molecule has 16 heavy (non-hydrogen) atoms. The molecule has 5 heteroatoms. The predicted molar refractivity (Wildman–Crippen MR) is 56.7 cm³/mol. The van der Waals surface area contributed by atoms with Crippen LogP contribution in [0.1, 0.15) is 27.2 Å². The number of aliphatic hydroxyl groups excluding tert-OH is 3. The van der Waals surface area contributed by atoms with Crippen LogP contribution >= 0.6 is 0 Å². The molecule has 0 aliphatic heterocycles. The zero-order valence-electron chi connectivity index (χ0n) is 9.79. The van der Waals surface area contributed by atoms with Crippen LogP contribution in [0.5, 0.6) is 0 Å². The lowest BCUT2D eigenvalue weighted by Crippen LogP contribution is -2.55. The molecule has 1 fully saturated rings. The van der Waals surface area contributed by atoms with Crippen molar-refractivity contribution >= 4 is 5.97 Å². The fourth-order valence-corrected chi connectivity index (χ4v) is 2.34. The first-order valence-corrected chi connectivity index (χ1v) is 5.43. The Kier molecular flexibility index (Phi) is 3.62. The third kappa shape index (κ3) is 2.36. The maximum absolute atomic E-state index is 10.9. The Morgan fingerprint density at radius 3 is 1.94 bits per heavy atom. The van der Waals surface area contributed by atoms with Gasteiger partial charge < -0.3 is 20.4 Å². The molecule has 0 heterocycles. The summed E-state index contributed by atoms with van der Waals surface area (Å²) in [7, 11) is 0. The second-order valence-electron chi connectivity index (χ2n) is 5.62. The van der Waals surface area contributed by atoms with E-state index in [2.05, 4.69) is 0 Å². The van der Waals surface area contributed by atoms with E-state index < -0.39 is 30.2 Å². The molecule has 94 valence electrons. The van der Waals surface area contributed by atoms with Crippen LogP contribution in [0, 0.1) is 17.3 Å². The number of carboxylic acids is 1. The van der Waals surface area contributed by atoms with Gasteiger partial charge in [-0.05, 0) is 17.8 Å². The third-order valence-corrected chi connectivity index (χ3v) is 3.46. The maximum Gasteiger partial charge on any atom is 0.309 e. The summed E-state index contributed by atoms with van der Waals surface area (Å²) in [6, 6.07) is 0. The minimum Gasteiger partial charge on any atom is -0.481 e. The van der Waals surface area contributed by atoms with Crippen LogP contribution in [-0.4, -0.2) is 44.7 Å². The summed E-state index contributed by atoms with van der Waals surface area (Å²) in [5.41, 5.74) is -0.311. The van der Waals surface area contributed by atoms with E-state index in [1.54, 1.807) is 0 Å². The molecule has 5 atom stereocenters. The summed E-state index contributed by atoms with van der Waals surface area (Å²) in [4.78, 5) is 10.9. The molecular formula is C11H20O5. The molecule has 1 aliphatic carbocycles. The van der Waals surface area contributed by atoms with Crippen molar-refractivity contribution in [1.29, 1.82) is 0 Å². The first-order chi connectivity index (χ1) is 7.16. The molecule has 0 saturated heterocycles. The van der Waals surface area contributed by atoms with E-state index in [0.29, 0.717) is 0 Å². The standard InChI is InChI=1S/C11H20O5/c1-11(2,3)6-4-5(10(15)16)7(12)9(14)8(6)13/h5-9,12-14H,4H2,1-3H3,(H,15,16). The van der Waals surface area contributed by atoms with Crippen molar-refractivity contribution in [3.63, 3.8) is 0 Å². The first-order valence-electron chi connectivity index (χ1n) is 5.43. The van der Waals surface area contributed by atoms with Gasteiger partial charge in [-0.15, -0.1) is 0 Å². The van der Waals surface area contributed by atoms with Crippen molar-refractivity contribution in [3.8, 4) is 0 Å². The Hall–Kier alpha value is -0.650. The lowest BCUT2D eigenvalue weighted by Gasteiger charge is -2.44. The summed E-state index contributed by atoms with van der Waals surface area (Å²) in [5, 5.41) is 38.0. The van der Waals surface area contributed by atoms with Gasteiger partial charge in [0.1, 0.15) is 6.10 Å². The van der Waals surface area contributed by atoms with Crippen molar-refractivity contribution in [2.75, 3.05) is 0 Å². The Labute approximate surface area is 94.7 Å². The number of aliphatic hydroxyl groups is 3. The number of hydrogen-bond donors (Lipinski definition) is 4. The van der Waals surface area contributed by atoms with Gasteiger partial charge in [0.15, 0.2) is 0 Å². The molecule has 0 spiro atoms. The topological polar surface area (TPSA) is 98.0 Å². The van der Waals surface area contributed by atoms with Crippen LogP contribution in [0.15, 0.2) is 0 Å². The summed E-state index contributed by atoms with van der Waals surface area (Å²) < 4.78 is 0. The summed E-state index contributed by atoms with van der Waals surface area (Å²) in [6.45, 7) is 5.64. The molecule has 4 N–H and O–H groups in total. The second-order valence-corrected chi connectivity index (χ2v) is 5.62. The fraction of sp³-hybridized carbons (Fsp3) is 0.909. The Morgan fingerprint density at radius 1 is 1.06 bits per heavy atom. The predicted octanol–water partition coefficient (Wildman–Crippen LogP) is -0.164. The van der Waals surface area contributed by atoms with E-state index in [0.717, 1.165) is 0 Å². The lowest BCUT2D eigenvalue weighted by atomic mass is 9.65. The average molecular weight is 232 g/mol. The molecule has 5 nitrogen and oxygen atoms in total. The van der Waals surface area contributed by atoms with Crippen molar-refractivity contribution < 1.29 is 25.2 Å². The van der Waals surface area contributed by atoms with Crippen LogP contribution in [0.3, 0.4) is 0 Å². The average Bonchev–Trinajstić information content (AvgIpc) is 2.11. The van der Waals surface area contributed by atoms with E-state index in [1.807, 2.05) is 20.8 Å². The van der Waals surface area contributed by atoms with Crippen LogP contribution in [0.25, 0.3) is 0 Å². The summed E-state index contributed by atoms with van der Waals surface area (Å²) in [6.07, 6.45) is -3.69. The number of rotatable bonds is 1. The Morgan fingerprint density at radius 2 is 1.56 bits per heavy atom. The van der Waals surface area contributed by atoms with E-state index >= 15 is 0 Å². The van der Waals surface area contributed by atoms with Crippen molar-refractivity contribution in [2.24, 2.45) is 17.3 Å². The molecular weight excluding hydrogens is 212 g/mol. The molecule has 0 amide bonds. The number of hydrogen-bond acceptors (Lipinski definition) is 4.